The first kappa shape index (κ1) is 16.9. The molecule has 0 aliphatic heterocycles. The Kier molecular flexibility index (Phi) is 5.10. The van der Waals surface area contributed by atoms with Gasteiger partial charge in [0.1, 0.15) is 22.9 Å². The van der Waals surface area contributed by atoms with Crippen molar-refractivity contribution in [3.05, 3.63) is 36.4 Å². The number of benzene rings is 2. The van der Waals surface area contributed by atoms with Crippen LogP contribution in [0.3, 0.4) is 0 Å². The highest BCUT2D eigenvalue weighted by Gasteiger charge is 2.06. The number of carbonyl (C=O) groups is 2. The van der Waals surface area contributed by atoms with Crippen LogP contribution in [-0.4, -0.2) is 22.0 Å². The molecule has 2 rings (SSSR count). The van der Waals surface area contributed by atoms with Crippen molar-refractivity contribution >= 4 is 34.6 Å². The van der Waals surface area contributed by atoms with Gasteiger partial charge in [0.15, 0.2) is 0 Å². The predicted molar refractivity (Wildman–Crippen MR) is 89.0 cm³/mol. The van der Waals surface area contributed by atoms with Gasteiger partial charge in [0.25, 0.3) is 0 Å². The minimum absolute atomic E-state index is 0.116. The lowest BCUT2D eigenvalue weighted by molar-refractivity contribution is -0.115. The van der Waals surface area contributed by atoms with E-state index in [1.54, 1.807) is 0 Å². The summed E-state index contributed by atoms with van der Waals surface area (Å²) in [6.07, 6.45) is 0. The van der Waals surface area contributed by atoms with Gasteiger partial charge in [0, 0.05) is 25.2 Å². The maximum Gasteiger partial charge on any atom is 0.221 e. The van der Waals surface area contributed by atoms with Crippen molar-refractivity contribution in [1.29, 1.82) is 0 Å². The average Bonchev–Trinajstić information content (AvgIpc) is 2.49. The molecule has 0 spiro atoms. The van der Waals surface area contributed by atoms with Crippen LogP contribution >= 0.6 is 0 Å². The molecule has 0 aliphatic carbocycles. The van der Waals surface area contributed by atoms with Gasteiger partial charge in [-0.05, 0) is 36.4 Å². The monoisotopic (exact) mass is 328 g/mol. The van der Waals surface area contributed by atoms with E-state index in [2.05, 4.69) is 20.9 Å². The molecule has 0 fully saturated rings. The normalized spacial score (nSPS) is 10.6. The minimum atomic E-state index is -0.260. The topological polar surface area (TPSA) is 123 Å². The fraction of sp³-hybridized carbons (Fsp3) is 0.125. The zero-order chi connectivity index (χ0) is 17.7. The zero-order valence-electron chi connectivity index (χ0n) is 13.1. The first-order valence-corrected chi connectivity index (χ1v) is 6.98. The number of rotatable bonds is 4. The quantitative estimate of drug-likeness (QED) is 0.507. The summed E-state index contributed by atoms with van der Waals surface area (Å²) >= 11 is 0. The summed E-state index contributed by atoms with van der Waals surface area (Å²) in [7, 11) is 0. The summed E-state index contributed by atoms with van der Waals surface area (Å²) in [5, 5.41) is 32.5. The van der Waals surface area contributed by atoms with Crippen LogP contribution in [0, 0.1) is 0 Å². The number of nitrogens with one attached hydrogen (secondary N) is 2. The molecule has 0 saturated carbocycles. The van der Waals surface area contributed by atoms with E-state index < -0.39 is 0 Å². The minimum Gasteiger partial charge on any atom is -0.506 e. The van der Waals surface area contributed by atoms with Gasteiger partial charge in [-0.15, -0.1) is 10.2 Å². The summed E-state index contributed by atoms with van der Waals surface area (Å²) < 4.78 is 0. The molecule has 0 radical (unpaired) electrons. The number of azo groups is 1. The Labute approximate surface area is 137 Å². The molecule has 4 N–H and O–H groups in total. The van der Waals surface area contributed by atoms with Crippen LogP contribution in [0.15, 0.2) is 46.6 Å². The lowest BCUT2D eigenvalue weighted by Gasteiger charge is -2.05. The van der Waals surface area contributed by atoms with Crippen molar-refractivity contribution in [2.24, 2.45) is 10.2 Å². The first-order chi connectivity index (χ1) is 11.3. The fourth-order valence-electron chi connectivity index (χ4n) is 1.88. The third-order valence-corrected chi connectivity index (χ3v) is 2.86. The van der Waals surface area contributed by atoms with E-state index in [4.69, 9.17) is 0 Å². The smallest absolute Gasteiger partial charge is 0.221 e. The highest BCUT2D eigenvalue weighted by atomic mass is 16.3. The molecule has 8 nitrogen and oxygen atoms in total. The van der Waals surface area contributed by atoms with Crippen LogP contribution in [0.2, 0.25) is 0 Å². The first-order valence-electron chi connectivity index (χ1n) is 6.98. The largest absolute Gasteiger partial charge is 0.506 e. The predicted octanol–water partition coefficient (Wildman–Crippen LogP) is 3.43. The third-order valence-electron chi connectivity index (χ3n) is 2.86. The van der Waals surface area contributed by atoms with Crippen LogP contribution in [0.25, 0.3) is 0 Å². The SMILES string of the molecule is CC(=O)Nc1ccc(O)c(N=Nc2cc(NC(C)=O)ccc2O)c1. The van der Waals surface area contributed by atoms with E-state index in [9.17, 15) is 19.8 Å². The van der Waals surface area contributed by atoms with Crippen LogP contribution in [0.1, 0.15) is 13.8 Å². The Morgan fingerprint density at radius 1 is 0.792 bits per heavy atom. The molecule has 2 aromatic rings. The molecule has 2 amide bonds. The van der Waals surface area contributed by atoms with E-state index in [1.807, 2.05) is 0 Å². The molecule has 0 heterocycles. The second-order valence-electron chi connectivity index (χ2n) is 4.97. The Morgan fingerprint density at radius 3 is 1.50 bits per heavy atom. The number of hydrogen-bond donors (Lipinski definition) is 4. The van der Waals surface area contributed by atoms with Crippen LogP contribution in [0.5, 0.6) is 11.5 Å². The van der Waals surface area contributed by atoms with Crippen molar-refractivity contribution in [1.82, 2.24) is 0 Å². The van der Waals surface area contributed by atoms with E-state index in [-0.39, 0.29) is 34.7 Å². The lowest BCUT2D eigenvalue weighted by Crippen LogP contribution is -2.05. The zero-order valence-corrected chi connectivity index (χ0v) is 13.1. The summed E-state index contributed by atoms with van der Waals surface area (Å²) in [6, 6.07) is 8.65. The van der Waals surface area contributed by atoms with E-state index in [1.165, 1.54) is 50.2 Å². The number of anilines is 2. The number of phenols is 2. The molecular formula is C16H16N4O4. The van der Waals surface area contributed by atoms with Crippen LogP contribution in [-0.2, 0) is 9.59 Å². The second-order valence-corrected chi connectivity index (χ2v) is 4.97. The fourth-order valence-corrected chi connectivity index (χ4v) is 1.88. The number of phenolic OH excluding ortho intramolecular Hbond substituents is 2. The van der Waals surface area contributed by atoms with Crippen molar-refractivity contribution in [2.45, 2.75) is 13.8 Å². The number of aromatic hydroxyl groups is 2. The molecule has 0 aromatic heterocycles. The molecule has 0 aliphatic rings. The Morgan fingerprint density at radius 2 is 1.17 bits per heavy atom. The molecule has 0 bridgehead atoms. The molecule has 0 atom stereocenters. The van der Waals surface area contributed by atoms with Crippen molar-refractivity contribution in [2.75, 3.05) is 10.6 Å². The molecule has 0 unspecified atom stereocenters. The van der Waals surface area contributed by atoms with Crippen molar-refractivity contribution in [3.63, 3.8) is 0 Å². The lowest BCUT2D eigenvalue weighted by atomic mass is 10.2. The Balaban J connectivity index is 2.30. The summed E-state index contributed by atoms with van der Waals surface area (Å²) in [5.41, 5.74) is 1.13. The van der Waals surface area contributed by atoms with E-state index >= 15 is 0 Å². The third kappa shape index (κ3) is 4.54. The number of carbonyl (C=O) groups excluding carboxylic acids is 2. The Bertz CT molecular complexity index is 750. The molecule has 0 saturated heterocycles. The van der Waals surface area contributed by atoms with Gasteiger partial charge >= 0.3 is 0 Å². The standard InChI is InChI=1S/C16H16N4O4/c1-9(21)17-11-3-5-15(23)13(7-11)19-20-14-8-12(18-10(2)22)4-6-16(14)24/h3-8,23-24H,1-2H3,(H,17,21)(H,18,22). The highest BCUT2D eigenvalue weighted by molar-refractivity contribution is 5.90. The van der Waals surface area contributed by atoms with Crippen LogP contribution < -0.4 is 10.6 Å². The average molecular weight is 328 g/mol. The van der Waals surface area contributed by atoms with E-state index in [0.29, 0.717) is 11.4 Å². The van der Waals surface area contributed by atoms with Gasteiger partial charge in [-0.25, -0.2) is 0 Å². The molecule has 124 valence electrons. The van der Waals surface area contributed by atoms with Gasteiger partial charge in [-0.2, -0.15) is 0 Å². The van der Waals surface area contributed by atoms with Gasteiger partial charge in [-0.3, -0.25) is 9.59 Å². The summed E-state index contributed by atoms with van der Waals surface area (Å²) in [4.78, 5) is 22.1. The molecule has 24 heavy (non-hydrogen) atoms. The second kappa shape index (κ2) is 7.23. The van der Waals surface area contributed by atoms with Crippen LogP contribution in [0.4, 0.5) is 22.7 Å². The van der Waals surface area contributed by atoms with Gasteiger partial charge < -0.3 is 20.8 Å². The molecule has 8 heteroatoms. The van der Waals surface area contributed by atoms with Gasteiger partial charge in [-0.1, -0.05) is 0 Å². The van der Waals surface area contributed by atoms with Gasteiger partial charge in [0.2, 0.25) is 11.8 Å². The van der Waals surface area contributed by atoms with Crippen molar-refractivity contribution < 1.29 is 19.8 Å². The maximum absolute atomic E-state index is 11.1. The number of hydrogen-bond acceptors (Lipinski definition) is 6. The Hall–Kier alpha value is -3.42. The number of nitrogens with zero attached hydrogens (tertiary/aromatic N) is 2. The molecule has 2 aromatic carbocycles. The van der Waals surface area contributed by atoms with Gasteiger partial charge in [0.05, 0.1) is 0 Å². The number of amides is 2. The maximum atomic E-state index is 11.1. The van der Waals surface area contributed by atoms with Crippen molar-refractivity contribution in [3.8, 4) is 11.5 Å². The highest BCUT2D eigenvalue weighted by Crippen LogP contribution is 2.34. The van der Waals surface area contributed by atoms with E-state index in [0.717, 1.165) is 0 Å². The summed E-state index contributed by atoms with van der Waals surface area (Å²) in [5.74, 6) is -0.788. The summed E-state index contributed by atoms with van der Waals surface area (Å²) in [6.45, 7) is 2.72. The molecular weight excluding hydrogens is 312 g/mol.